The maximum absolute atomic E-state index is 12.2. The summed E-state index contributed by atoms with van der Waals surface area (Å²) < 4.78 is 0. The molecule has 0 unspecified atom stereocenters. The highest BCUT2D eigenvalue weighted by Gasteiger charge is 2.21. The number of para-hydroxylation sites is 1. The number of allylic oxidation sites excluding steroid dienone is 1. The first-order valence-electron chi connectivity index (χ1n) is 8.02. The van der Waals surface area contributed by atoms with E-state index in [1.54, 1.807) is 12.1 Å². The number of phenolic OH excluding ortho intramolecular Hbond substituents is 1. The fraction of sp³-hybridized carbons (Fsp3) is 0.278. The van der Waals surface area contributed by atoms with Gasteiger partial charge in [-0.1, -0.05) is 18.2 Å². The van der Waals surface area contributed by atoms with Crippen LogP contribution in [0.1, 0.15) is 45.7 Å². The number of benzene rings is 1. The fourth-order valence-electron chi connectivity index (χ4n) is 2.92. The molecule has 1 amide bonds. The Hall–Kier alpha value is -2.89. The number of nitrogens with one attached hydrogen (secondary N) is 2. The Balaban J connectivity index is 1.70. The van der Waals surface area contributed by atoms with Crippen LogP contribution in [0.5, 0.6) is 5.75 Å². The summed E-state index contributed by atoms with van der Waals surface area (Å²) in [5.41, 5.74) is 6.23. The largest absolute Gasteiger partial charge is 0.507 e. The SMILES string of the molecule is C=CCc1cccc(/C=N\NC(=O)c2n[nH]c3c2CCCC3)c1O. The van der Waals surface area contributed by atoms with Crippen LogP contribution in [-0.4, -0.2) is 27.4 Å². The van der Waals surface area contributed by atoms with E-state index in [0.29, 0.717) is 17.7 Å². The van der Waals surface area contributed by atoms with Crippen molar-refractivity contribution in [3.8, 4) is 5.75 Å². The van der Waals surface area contributed by atoms with Gasteiger partial charge in [0.05, 0.1) is 6.21 Å². The number of hydrazone groups is 1. The first-order chi connectivity index (χ1) is 11.7. The minimum Gasteiger partial charge on any atom is -0.507 e. The second kappa shape index (κ2) is 7.12. The lowest BCUT2D eigenvalue weighted by atomic mass is 9.96. The van der Waals surface area contributed by atoms with E-state index in [4.69, 9.17) is 0 Å². The van der Waals surface area contributed by atoms with Crippen LogP contribution in [-0.2, 0) is 19.3 Å². The van der Waals surface area contributed by atoms with Crippen LogP contribution >= 0.6 is 0 Å². The van der Waals surface area contributed by atoms with Gasteiger partial charge in [0.1, 0.15) is 5.75 Å². The molecule has 124 valence electrons. The molecule has 0 radical (unpaired) electrons. The Morgan fingerprint density at radius 3 is 3.08 bits per heavy atom. The minimum absolute atomic E-state index is 0.146. The number of hydrogen-bond donors (Lipinski definition) is 3. The van der Waals surface area contributed by atoms with Crippen LogP contribution in [0.4, 0.5) is 0 Å². The average molecular weight is 324 g/mol. The summed E-state index contributed by atoms with van der Waals surface area (Å²) in [5, 5.41) is 21.1. The zero-order chi connectivity index (χ0) is 16.9. The molecule has 0 fully saturated rings. The van der Waals surface area contributed by atoms with Gasteiger partial charge >= 0.3 is 0 Å². The smallest absolute Gasteiger partial charge is 0.292 e. The molecule has 0 bridgehead atoms. The molecule has 6 nitrogen and oxygen atoms in total. The van der Waals surface area contributed by atoms with Crippen LogP contribution in [0.15, 0.2) is 36.0 Å². The van der Waals surface area contributed by atoms with Crippen LogP contribution in [0.3, 0.4) is 0 Å². The molecule has 1 aromatic heterocycles. The van der Waals surface area contributed by atoms with Crippen molar-refractivity contribution in [2.75, 3.05) is 0 Å². The first kappa shape index (κ1) is 16.0. The van der Waals surface area contributed by atoms with E-state index in [1.165, 1.54) is 6.21 Å². The summed E-state index contributed by atoms with van der Waals surface area (Å²) >= 11 is 0. The number of aromatic amines is 1. The van der Waals surface area contributed by atoms with Crippen molar-refractivity contribution in [2.45, 2.75) is 32.1 Å². The summed E-state index contributed by atoms with van der Waals surface area (Å²) in [6, 6.07) is 5.38. The Morgan fingerprint density at radius 2 is 2.25 bits per heavy atom. The molecule has 3 N–H and O–H groups in total. The third-order valence-corrected chi connectivity index (χ3v) is 4.16. The second-order valence-electron chi connectivity index (χ2n) is 5.78. The van der Waals surface area contributed by atoms with Gasteiger partial charge < -0.3 is 5.11 Å². The lowest BCUT2D eigenvalue weighted by Crippen LogP contribution is -2.20. The van der Waals surface area contributed by atoms with Crippen molar-refractivity contribution in [3.05, 3.63) is 58.9 Å². The molecule has 1 aliphatic rings. The van der Waals surface area contributed by atoms with Crippen LogP contribution in [0.25, 0.3) is 0 Å². The van der Waals surface area contributed by atoms with Crippen molar-refractivity contribution >= 4 is 12.1 Å². The minimum atomic E-state index is -0.340. The molecule has 24 heavy (non-hydrogen) atoms. The van der Waals surface area contributed by atoms with Gasteiger partial charge in [-0.2, -0.15) is 10.2 Å². The highest BCUT2D eigenvalue weighted by atomic mass is 16.3. The highest BCUT2D eigenvalue weighted by Crippen LogP contribution is 2.23. The Morgan fingerprint density at radius 1 is 1.42 bits per heavy atom. The number of carbonyl (C=O) groups is 1. The van der Waals surface area contributed by atoms with E-state index in [9.17, 15) is 9.90 Å². The second-order valence-corrected chi connectivity index (χ2v) is 5.78. The lowest BCUT2D eigenvalue weighted by Gasteiger charge is -2.10. The number of aromatic hydroxyl groups is 1. The molecule has 1 aromatic carbocycles. The lowest BCUT2D eigenvalue weighted by molar-refractivity contribution is 0.0949. The van der Waals surface area contributed by atoms with Gasteiger partial charge in [-0.3, -0.25) is 9.89 Å². The topological polar surface area (TPSA) is 90.4 Å². The molecular weight excluding hydrogens is 304 g/mol. The molecule has 0 saturated carbocycles. The molecule has 1 aliphatic carbocycles. The van der Waals surface area contributed by atoms with Crippen LogP contribution in [0.2, 0.25) is 0 Å². The monoisotopic (exact) mass is 324 g/mol. The number of fused-ring (bicyclic) bond motifs is 1. The summed E-state index contributed by atoms with van der Waals surface area (Å²) in [5.74, 6) is -0.195. The normalized spacial score (nSPS) is 13.7. The number of rotatable bonds is 5. The van der Waals surface area contributed by atoms with Crippen molar-refractivity contribution in [1.29, 1.82) is 0 Å². The molecule has 2 aromatic rings. The van der Waals surface area contributed by atoms with Gasteiger partial charge in [0.2, 0.25) is 0 Å². The number of amides is 1. The van der Waals surface area contributed by atoms with E-state index in [1.807, 2.05) is 12.1 Å². The van der Waals surface area contributed by atoms with Gasteiger partial charge in [0.25, 0.3) is 5.91 Å². The molecule has 0 atom stereocenters. The third-order valence-electron chi connectivity index (χ3n) is 4.16. The van der Waals surface area contributed by atoms with Gasteiger partial charge in [0, 0.05) is 16.8 Å². The molecule has 0 spiro atoms. The quantitative estimate of drug-likeness (QED) is 0.448. The van der Waals surface area contributed by atoms with E-state index in [2.05, 4.69) is 27.3 Å². The van der Waals surface area contributed by atoms with Crippen molar-refractivity contribution in [1.82, 2.24) is 15.6 Å². The number of nitrogens with zero attached hydrogens (tertiary/aromatic N) is 2. The summed E-state index contributed by atoms with van der Waals surface area (Å²) in [6.45, 7) is 3.66. The van der Waals surface area contributed by atoms with E-state index in [-0.39, 0.29) is 11.7 Å². The fourth-order valence-corrected chi connectivity index (χ4v) is 2.92. The predicted octanol–water partition coefficient (Wildman–Crippen LogP) is 2.49. The zero-order valence-corrected chi connectivity index (χ0v) is 13.4. The van der Waals surface area contributed by atoms with E-state index < -0.39 is 0 Å². The Labute approximate surface area is 140 Å². The van der Waals surface area contributed by atoms with Crippen molar-refractivity contribution in [3.63, 3.8) is 0 Å². The number of carbonyl (C=O) groups excluding carboxylic acids is 1. The summed E-state index contributed by atoms with van der Waals surface area (Å²) in [4.78, 5) is 12.2. The first-order valence-corrected chi connectivity index (χ1v) is 8.02. The third kappa shape index (κ3) is 3.22. The summed E-state index contributed by atoms with van der Waals surface area (Å²) in [6.07, 6.45) is 7.71. The molecule has 0 saturated heterocycles. The molecule has 3 rings (SSSR count). The predicted molar refractivity (Wildman–Crippen MR) is 92.3 cm³/mol. The zero-order valence-electron chi connectivity index (χ0n) is 13.4. The molecule has 0 aliphatic heterocycles. The van der Waals surface area contributed by atoms with Gasteiger partial charge in [-0.25, -0.2) is 5.43 Å². The maximum atomic E-state index is 12.2. The molecule has 6 heteroatoms. The van der Waals surface area contributed by atoms with Crippen LogP contribution < -0.4 is 5.43 Å². The number of H-pyrrole nitrogens is 1. The number of hydrogen-bond acceptors (Lipinski definition) is 4. The number of aryl methyl sites for hydroxylation is 1. The number of phenols is 1. The standard InChI is InChI=1S/C18H20N4O2/c1-2-6-12-7-5-8-13(17(12)23)11-19-22-18(24)16-14-9-3-4-10-15(14)20-21-16/h2,5,7-8,11,23H,1,3-4,6,9-10H2,(H,20,21)(H,22,24)/b19-11-. The molecule has 1 heterocycles. The molecular formula is C18H20N4O2. The van der Waals surface area contributed by atoms with E-state index in [0.717, 1.165) is 42.5 Å². The summed E-state index contributed by atoms with van der Waals surface area (Å²) in [7, 11) is 0. The van der Waals surface area contributed by atoms with Gasteiger partial charge in [-0.05, 0) is 43.7 Å². The van der Waals surface area contributed by atoms with Gasteiger partial charge in [0.15, 0.2) is 5.69 Å². The van der Waals surface area contributed by atoms with Crippen molar-refractivity contribution in [2.24, 2.45) is 5.10 Å². The maximum Gasteiger partial charge on any atom is 0.292 e. The van der Waals surface area contributed by atoms with E-state index >= 15 is 0 Å². The average Bonchev–Trinajstić information content (AvgIpc) is 3.02. The van der Waals surface area contributed by atoms with Crippen molar-refractivity contribution < 1.29 is 9.90 Å². The highest BCUT2D eigenvalue weighted by molar-refractivity contribution is 5.95. The Kier molecular flexibility index (Phi) is 4.74. The number of aromatic nitrogens is 2. The Bertz CT molecular complexity index is 792. The van der Waals surface area contributed by atoms with Gasteiger partial charge in [-0.15, -0.1) is 6.58 Å². The van der Waals surface area contributed by atoms with Crippen LogP contribution in [0, 0.1) is 0 Å².